The molecule has 0 bridgehead atoms. The van der Waals surface area contributed by atoms with E-state index in [1.54, 1.807) is 0 Å². The van der Waals surface area contributed by atoms with E-state index in [0.717, 1.165) is 12.1 Å². The van der Waals surface area contributed by atoms with E-state index in [1.165, 1.54) is 18.3 Å². The molecule has 1 aromatic heterocycles. The normalized spacial score (nSPS) is 11.6. The van der Waals surface area contributed by atoms with E-state index in [0.29, 0.717) is 11.8 Å². The molecule has 1 heterocycles. The molecule has 1 aromatic carbocycles. The molecule has 0 radical (unpaired) electrons. The average molecular weight is 256 g/mol. The predicted octanol–water partition coefficient (Wildman–Crippen LogP) is 3.49. The lowest BCUT2D eigenvalue weighted by Gasteiger charge is -2.08. The van der Waals surface area contributed by atoms with Crippen molar-refractivity contribution >= 4 is 5.69 Å². The first-order chi connectivity index (χ1) is 8.38. The SMILES string of the molecule is Nc1ccc(-c2ccc(C(F)(F)F)cc2F)nc1. The highest BCUT2D eigenvalue weighted by Crippen LogP contribution is 2.32. The van der Waals surface area contributed by atoms with Crippen LogP contribution in [0.15, 0.2) is 36.5 Å². The third kappa shape index (κ3) is 2.42. The summed E-state index contributed by atoms with van der Waals surface area (Å²) in [6.45, 7) is 0. The van der Waals surface area contributed by atoms with Crippen molar-refractivity contribution in [2.45, 2.75) is 6.18 Å². The smallest absolute Gasteiger partial charge is 0.397 e. The maximum Gasteiger partial charge on any atom is 0.416 e. The van der Waals surface area contributed by atoms with Crippen molar-refractivity contribution in [1.29, 1.82) is 0 Å². The number of benzene rings is 1. The van der Waals surface area contributed by atoms with Crippen molar-refractivity contribution in [2.75, 3.05) is 5.73 Å². The Balaban J connectivity index is 2.45. The van der Waals surface area contributed by atoms with E-state index in [4.69, 9.17) is 5.73 Å². The van der Waals surface area contributed by atoms with Crippen LogP contribution in [0.5, 0.6) is 0 Å². The molecule has 0 saturated carbocycles. The number of rotatable bonds is 1. The molecule has 2 N–H and O–H groups in total. The van der Waals surface area contributed by atoms with Crippen LogP contribution < -0.4 is 5.73 Å². The van der Waals surface area contributed by atoms with Crippen molar-refractivity contribution < 1.29 is 17.6 Å². The second kappa shape index (κ2) is 4.29. The lowest BCUT2D eigenvalue weighted by molar-refractivity contribution is -0.137. The second-order valence-electron chi connectivity index (χ2n) is 3.67. The van der Waals surface area contributed by atoms with Gasteiger partial charge in [-0.05, 0) is 30.3 Å². The minimum Gasteiger partial charge on any atom is -0.397 e. The van der Waals surface area contributed by atoms with Crippen molar-refractivity contribution in [3.8, 4) is 11.3 Å². The van der Waals surface area contributed by atoms with Gasteiger partial charge in [0.15, 0.2) is 0 Å². The standard InChI is InChI=1S/C12H8F4N2/c13-10-5-7(12(14,15)16)1-3-9(10)11-4-2-8(17)6-18-11/h1-6H,17H2. The van der Waals surface area contributed by atoms with Gasteiger partial charge in [0.1, 0.15) is 5.82 Å². The van der Waals surface area contributed by atoms with Gasteiger partial charge in [-0.15, -0.1) is 0 Å². The number of alkyl halides is 3. The topological polar surface area (TPSA) is 38.9 Å². The highest BCUT2D eigenvalue weighted by molar-refractivity contribution is 5.61. The van der Waals surface area contributed by atoms with E-state index >= 15 is 0 Å². The van der Waals surface area contributed by atoms with Gasteiger partial charge in [-0.3, -0.25) is 4.98 Å². The molecule has 2 aromatic rings. The number of nitrogen functional groups attached to an aromatic ring is 1. The molecule has 0 saturated heterocycles. The van der Waals surface area contributed by atoms with Crippen LogP contribution in [0.4, 0.5) is 23.2 Å². The van der Waals surface area contributed by atoms with Crippen LogP contribution in [0.2, 0.25) is 0 Å². The summed E-state index contributed by atoms with van der Waals surface area (Å²) in [5.74, 6) is -0.970. The summed E-state index contributed by atoms with van der Waals surface area (Å²) >= 11 is 0. The van der Waals surface area contributed by atoms with Gasteiger partial charge in [-0.25, -0.2) is 4.39 Å². The van der Waals surface area contributed by atoms with Gasteiger partial charge in [-0.1, -0.05) is 0 Å². The van der Waals surface area contributed by atoms with Gasteiger partial charge in [0.25, 0.3) is 0 Å². The zero-order chi connectivity index (χ0) is 13.3. The number of pyridine rings is 1. The number of nitrogens with zero attached hydrogens (tertiary/aromatic N) is 1. The Labute approximate surface area is 100 Å². The number of halogens is 4. The summed E-state index contributed by atoms with van der Waals surface area (Å²) in [7, 11) is 0. The first-order valence-electron chi connectivity index (χ1n) is 4.96. The molecule has 94 valence electrons. The van der Waals surface area contributed by atoms with Crippen molar-refractivity contribution in [3.63, 3.8) is 0 Å². The summed E-state index contributed by atoms with van der Waals surface area (Å²) in [4.78, 5) is 3.85. The molecule has 2 nitrogen and oxygen atoms in total. The van der Waals surface area contributed by atoms with E-state index in [2.05, 4.69) is 4.98 Å². The highest BCUT2D eigenvalue weighted by Gasteiger charge is 2.31. The fourth-order valence-electron chi connectivity index (χ4n) is 1.46. The van der Waals surface area contributed by atoms with E-state index in [9.17, 15) is 17.6 Å². The van der Waals surface area contributed by atoms with Gasteiger partial charge in [0.2, 0.25) is 0 Å². The van der Waals surface area contributed by atoms with E-state index in [1.807, 2.05) is 0 Å². The number of anilines is 1. The Hall–Kier alpha value is -2.11. The van der Waals surface area contributed by atoms with Crippen LogP contribution >= 0.6 is 0 Å². The average Bonchev–Trinajstić information content (AvgIpc) is 2.29. The quantitative estimate of drug-likeness (QED) is 0.793. The first-order valence-corrected chi connectivity index (χ1v) is 4.96. The molecule has 2 rings (SSSR count). The molecule has 0 unspecified atom stereocenters. The molecular formula is C12H8F4N2. The monoisotopic (exact) mass is 256 g/mol. The van der Waals surface area contributed by atoms with Crippen LogP contribution in [0.1, 0.15) is 5.56 Å². The summed E-state index contributed by atoms with van der Waals surface area (Å²) in [5.41, 5.74) is 5.02. The summed E-state index contributed by atoms with van der Waals surface area (Å²) in [6, 6.07) is 5.26. The molecule has 0 spiro atoms. The Morgan fingerprint density at radius 1 is 1.06 bits per heavy atom. The zero-order valence-corrected chi connectivity index (χ0v) is 9.00. The third-order valence-electron chi connectivity index (χ3n) is 2.36. The summed E-state index contributed by atoms with van der Waals surface area (Å²) in [6.07, 6.45) is -3.25. The van der Waals surface area contributed by atoms with Crippen molar-refractivity contribution in [1.82, 2.24) is 4.98 Å². The number of nitrogens with two attached hydrogens (primary N) is 1. The first kappa shape index (κ1) is 12.3. The fraction of sp³-hybridized carbons (Fsp3) is 0.0833. The molecular weight excluding hydrogens is 248 g/mol. The van der Waals surface area contributed by atoms with Crippen LogP contribution in [-0.2, 0) is 6.18 Å². The van der Waals surface area contributed by atoms with Gasteiger partial charge in [0, 0.05) is 5.56 Å². The van der Waals surface area contributed by atoms with E-state index in [-0.39, 0.29) is 11.3 Å². The maximum absolute atomic E-state index is 13.6. The minimum absolute atomic E-state index is 0.00278. The lowest BCUT2D eigenvalue weighted by Crippen LogP contribution is -2.05. The Kier molecular flexibility index (Phi) is 2.94. The molecule has 0 aliphatic heterocycles. The van der Waals surface area contributed by atoms with Crippen LogP contribution in [0.25, 0.3) is 11.3 Å². The van der Waals surface area contributed by atoms with Crippen LogP contribution in [-0.4, -0.2) is 4.98 Å². The van der Waals surface area contributed by atoms with E-state index < -0.39 is 17.6 Å². The van der Waals surface area contributed by atoms with Crippen molar-refractivity contribution in [3.05, 3.63) is 47.9 Å². The number of hydrogen-bond acceptors (Lipinski definition) is 2. The molecule has 0 atom stereocenters. The molecule has 18 heavy (non-hydrogen) atoms. The molecule has 0 amide bonds. The molecule has 0 aliphatic rings. The Morgan fingerprint density at radius 3 is 2.28 bits per heavy atom. The highest BCUT2D eigenvalue weighted by atomic mass is 19.4. The van der Waals surface area contributed by atoms with Gasteiger partial charge >= 0.3 is 6.18 Å². The number of hydrogen-bond donors (Lipinski definition) is 1. The minimum atomic E-state index is -4.56. The summed E-state index contributed by atoms with van der Waals surface area (Å²) < 4.78 is 50.7. The molecule has 0 aliphatic carbocycles. The van der Waals surface area contributed by atoms with Crippen LogP contribution in [0, 0.1) is 5.82 Å². The zero-order valence-electron chi connectivity index (χ0n) is 9.00. The maximum atomic E-state index is 13.6. The Bertz CT molecular complexity index is 561. The van der Waals surface area contributed by atoms with Gasteiger partial charge in [-0.2, -0.15) is 13.2 Å². The third-order valence-corrected chi connectivity index (χ3v) is 2.36. The lowest BCUT2D eigenvalue weighted by atomic mass is 10.1. The van der Waals surface area contributed by atoms with Crippen LogP contribution in [0.3, 0.4) is 0 Å². The molecule has 6 heteroatoms. The van der Waals surface area contributed by atoms with Gasteiger partial charge < -0.3 is 5.73 Å². The molecule has 0 fully saturated rings. The summed E-state index contributed by atoms with van der Waals surface area (Å²) in [5, 5.41) is 0. The number of aromatic nitrogens is 1. The van der Waals surface area contributed by atoms with Gasteiger partial charge in [0.05, 0.1) is 23.1 Å². The second-order valence-corrected chi connectivity index (χ2v) is 3.67. The van der Waals surface area contributed by atoms with Crippen molar-refractivity contribution in [2.24, 2.45) is 0 Å². The predicted molar refractivity (Wildman–Crippen MR) is 59.0 cm³/mol. The Morgan fingerprint density at radius 2 is 1.78 bits per heavy atom. The fourth-order valence-corrected chi connectivity index (χ4v) is 1.46. The largest absolute Gasteiger partial charge is 0.416 e.